The van der Waals surface area contributed by atoms with Crippen LogP contribution in [0.3, 0.4) is 0 Å². The summed E-state index contributed by atoms with van der Waals surface area (Å²) in [6.07, 6.45) is 4.23. The Morgan fingerprint density at radius 3 is 2.20 bits per heavy atom. The Hall–Kier alpha value is -3.26. The SMILES string of the molecule is COc1ccc2cc(-c3ccc(/C=C/c4ccccc4)cc3)oc2c1. The van der Waals surface area contributed by atoms with Crippen LogP contribution in [0.15, 0.2) is 83.3 Å². The molecule has 0 aliphatic rings. The van der Waals surface area contributed by atoms with Gasteiger partial charge in [0.1, 0.15) is 17.1 Å². The van der Waals surface area contributed by atoms with Crippen LogP contribution in [0.25, 0.3) is 34.4 Å². The Labute approximate surface area is 147 Å². The van der Waals surface area contributed by atoms with E-state index in [-0.39, 0.29) is 0 Å². The highest BCUT2D eigenvalue weighted by Gasteiger charge is 2.07. The molecule has 1 aromatic heterocycles. The van der Waals surface area contributed by atoms with Crippen LogP contribution in [0.1, 0.15) is 11.1 Å². The van der Waals surface area contributed by atoms with Gasteiger partial charge < -0.3 is 9.15 Å². The van der Waals surface area contributed by atoms with E-state index in [1.165, 1.54) is 5.56 Å². The molecule has 0 spiro atoms. The lowest BCUT2D eigenvalue weighted by Crippen LogP contribution is -1.79. The predicted molar refractivity (Wildman–Crippen MR) is 104 cm³/mol. The molecular formula is C23H18O2. The Bertz CT molecular complexity index is 1010. The maximum atomic E-state index is 5.97. The van der Waals surface area contributed by atoms with Crippen molar-refractivity contribution < 1.29 is 9.15 Å². The van der Waals surface area contributed by atoms with E-state index in [1.54, 1.807) is 7.11 Å². The molecule has 0 N–H and O–H groups in total. The van der Waals surface area contributed by atoms with E-state index >= 15 is 0 Å². The lowest BCUT2D eigenvalue weighted by atomic mass is 10.1. The van der Waals surface area contributed by atoms with Crippen LogP contribution in [0.4, 0.5) is 0 Å². The second-order valence-electron chi connectivity index (χ2n) is 5.88. The highest BCUT2D eigenvalue weighted by Crippen LogP contribution is 2.30. The number of fused-ring (bicyclic) bond motifs is 1. The van der Waals surface area contributed by atoms with Gasteiger partial charge in [0.05, 0.1) is 7.11 Å². The monoisotopic (exact) mass is 326 g/mol. The van der Waals surface area contributed by atoms with Crippen LogP contribution in [-0.4, -0.2) is 7.11 Å². The van der Waals surface area contributed by atoms with Crippen molar-refractivity contribution in [3.05, 3.63) is 90.0 Å². The largest absolute Gasteiger partial charge is 0.497 e. The van der Waals surface area contributed by atoms with E-state index in [9.17, 15) is 0 Å². The first kappa shape index (κ1) is 15.3. The molecule has 0 fully saturated rings. The summed E-state index contributed by atoms with van der Waals surface area (Å²) in [5.41, 5.74) is 4.25. The van der Waals surface area contributed by atoms with Gasteiger partial charge in [-0.25, -0.2) is 0 Å². The van der Waals surface area contributed by atoms with E-state index in [4.69, 9.17) is 9.15 Å². The molecule has 2 heteroatoms. The Morgan fingerprint density at radius 1 is 0.760 bits per heavy atom. The summed E-state index contributed by atoms with van der Waals surface area (Å²) < 4.78 is 11.2. The summed E-state index contributed by atoms with van der Waals surface area (Å²) in [6, 6.07) is 26.6. The molecule has 122 valence electrons. The molecule has 0 saturated heterocycles. The Kier molecular flexibility index (Phi) is 4.09. The fourth-order valence-electron chi connectivity index (χ4n) is 2.80. The van der Waals surface area contributed by atoms with Crippen molar-refractivity contribution >= 4 is 23.1 Å². The zero-order valence-corrected chi connectivity index (χ0v) is 14.0. The molecular weight excluding hydrogens is 308 g/mol. The predicted octanol–water partition coefficient (Wildman–Crippen LogP) is 6.28. The molecule has 0 unspecified atom stereocenters. The Morgan fingerprint density at radius 2 is 1.48 bits per heavy atom. The van der Waals surface area contributed by atoms with Crippen molar-refractivity contribution in [2.24, 2.45) is 0 Å². The van der Waals surface area contributed by atoms with Gasteiger partial charge in [0.2, 0.25) is 0 Å². The average Bonchev–Trinajstić information content (AvgIpc) is 3.10. The molecule has 0 bridgehead atoms. The van der Waals surface area contributed by atoms with Crippen LogP contribution in [0, 0.1) is 0 Å². The van der Waals surface area contributed by atoms with Gasteiger partial charge in [-0.15, -0.1) is 0 Å². The van der Waals surface area contributed by atoms with E-state index in [0.29, 0.717) is 0 Å². The number of benzene rings is 3. The third-order valence-electron chi connectivity index (χ3n) is 4.19. The molecule has 0 saturated carbocycles. The van der Waals surface area contributed by atoms with Crippen LogP contribution in [0.2, 0.25) is 0 Å². The summed E-state index contributed by atoms with van der Waals surface area (Å²) >= 11 is 0. The molecule has 25 heavy (non-hydrogen) atoms. The lowest BCUT2D eigenvalue weighted by Gasteiger charge is -1.99. The minimum atomic E-state index is 0.801. The van der Waals surface area contributed by atoms with Gasteiger partial charge in [0.15, 0.2) is 0 Å². The van der Waals surface area contributed by atoms with Crippen LogP contribution in [-0.2, 0) is 0 Å². The zero-order valence-electron chi connectivity index (χ0n) is 14.0. The maximum Gasteiger partial charge on any atom is 0.138 e. The van der Waals surface area contributed by atoms with Crippen molar-refractivity contribution in [3.63, 3.8) is 0 Å². The third kappa shape index (κ3) is 3.33. The first-order chi connectivity index (χ1) is 12.3. The summed E-state index contributed by atoms with van der Waals surface area (Å²) in [5, 5.41) is 1.07. The smallest absolute Gasteiger partial charge is 0.138 e. The van der Waals surface area contributed by atoms with Gasteiger partial charge in [0, 0.05) is 17.0 Å². The first-order valence-electron chi connectivity index (χ1n) is 8.23. The summed E-state index contributed by atoms with van der Waals surface area (Å²) in [6.45, 7) is 0. The average molecular weight is 326 g/mol. The van der Waals surface area contributed by atoms with Crippen LogP contribution >= 0.6 is 0 Å². The summed E-state index contributed by atoms with van der Waals surface area (Å²) in [4.78, 5) is 0. The number of hydrogen-bond acceptors (Lipinski definition) is 2. The van der Waals surface area contributed by atoms with Crippen molar-refractivity contribution in [1.82, 2.24) is 0 Å². The molecule has 4 rings (SSSR count). The zero-order chi connectivity index (χ0) is 17.1. The number of furan rings is 1. The minimum Gasteiger partial charge on any atom is -0.497 e. The highest BCUT2D eigenvalue weighted by molar-refractivity contribution is 5.84. The van der Waals surface area contributed by atoms with Gasteiger partial charge >= 0.3 is 0 Å². The highest BCUT2D eigenvalue weighted by atomic mass is 16.5. The molecule has 0 atom stereocenters. The van der Waals surface area contributed by atoms with Gasteiger partial charge in [-0.05, 0) is 29.3 Å². The van der Waals surface area contributed by atoms with Gasteiger partial charge in [-0.1, -0.05) is 66.7 Å². The molecule has 3 aromatic carbocycles. The molecule has 4 aromatic rings. The number of hydrogen-bond donors (Lipinski definition) is 0. The molecule has 0 radical (unpaired) electrons. The molecule has 2 nitrogen and oxygen atoms in total. The summed E-state index contributed by atoms with van der Waals surface area (Å²) in [5.74, 6) is 1.66. The standard InChI is InChI=1S/C23H18O2/c1-24-21-14-13-20-15-22(25-23(20)16-21)19-11-9-18(10-12-19)8-7-17-5-3-2-4-6-17/h2-16H,1H3/b8-7+. The molecule has 0 aliphatic carbocycles. The topological polar surface area (TPSA) is 22.4 Å². The van der Waals surface area contributed by atoms with E-state index < -0.39 is 0 Å². The van der Waals surface area contributed by atoms with E-state index in [0.717, 1.165) is 33.6 Å². The quantitative estimate of drug-likeness (QED) is 0.412. The molecule has 0 aliphatic heterocycles. The number of ether oxygens (including phenoxy) is 1. The second-order valence-corrected chi connectivity index (χ2v) is 5.88. The third-order valence-corrected chi connectivity index (χ3v) is 4.19. The van der Waals surface area contributed by atoms with Gasteiger partial charge in [-0.2, -0.15) is 0 Å². The molecule has 1 heterocycles. The van der Waals surface area contributed by atoms with Crippen LogP contribution < -0.4 is 4.74 Å². The van der Waals surface area contributed by atoms with Gasteiger partial charge in [-0.3, -0.25) is 0 Å². The summed E-state index contributed by atoms with van der Waals surface area (Å²) in [7, 11) is 1.66. The van der Waals surface area contributed by atoms with Gasteiger partial charge in [0.25, 0.3) is 0 Å². The van der Waals surface area contributed by atoms with Crippen molar-refractivity contribution in [2.75, 3.05) is 7.11 Å². The van der Waals surface area contributed by atoms with Crippen molar-refractivity contribution in [1.29, 1.82) is 0 Å². The maximum absolute atomic E-state index is 5.97. The first-order valence-corrected chi connectivity index (χ1v) is 8.23. The number of methoxy groups -OCH3 is 1. The van der Waals surface area contributed by atoms with E-state index in [2.05, 4.69) is 54.6 Å². The van der Waals surface area contributed by atoms with Crippen molar-refractivity contribution in [3.8, 4) is 17.1 Å². The van der Waals surface area contributed by atoms with Crippen molar-refractivity contribution in [2.45, 2.75) is 0 Å². The van der Waals surface area contributed by atoms with E-state index in [1.807, 2.05) is 36.4 Å². The second kappa shape index (κ2) is 6.70. The molecule has 0 amide bonds. The lowest BCUT2D eigenvalue weighted by molar-refractivity contribution is 0.414. The number of rotatable bonds is 4. The fourth-order valence-corrected chi connectivity index (χ4v) is 2.80. The van der Waals surface area contributed by atoms with Crippen LogP contribution in [0.5, 0.6) is 5.75 Å². The normalized spacial score (nSPS) is 11.2. The minimum absolute atomic E-state index is 0.801. The Balaban J connectivity index is 1.58. The fraction of sp³-hybridized carbons (Fsp3) is 0.0435.